The molecule has 0 fully saturated rings. The van der Waals surface area contributed by atoms with Gasteiger partial charge < -0.3 is 9.47 Å². The second-order valence-electron chi connectivity index (χ2n) is 12.7. The fourth-order valence-electron chi connectivity index (χ4n) is 5.52. The summed E-state index contributed by atoms with van der Waals surface area (Å²) in [6, 6.07) is 40.2. The normalized spacial score (nSPS) is 16.5. The maximum atomic E-state index is 6.05. The van der Waals surface area contributed by atoms with Crippen LogP contribution in [0.1, 0.15) is 38.8 Å². The number of hydrogen-bond donors (Lipinski definition) is 0. The van der Waals surface area contributed by atoms with Crippen LogP contribution in [-0.2, 0) is 9.47 Å². The second kappa shape index (κ2) is 10.9. The van der Waals surface area contributed by atoms with E-state index in [1.807, 2.05) is 6.07 Å². The Hall–Kier alpha value is -5.03. The lowest BCUT2D eigenvalue weighted by Crippen LogP contribution is -2.24. The predicted molar refractivity (Wildman–Crippen MR) is 179 cm³/mol. The molecule has 7 rings (SSSR count). The van der Waals surface area contributed by atoms with Gasteiger partial charge in [-0.05, 0) is 86.3 Å². The molecule has 0 saturated carbocycles. The first-order chi connectivity index (χ1) is 21.2. The quantitative estimate of drug-likeness (QED) is 0.203. The Morgan fingerprint density at radius 1 is 0.432 bits per heavy atom. The van der Waals surface area contributed by atoms with Gasteiger partial charge in [-0.1, -0.05) is 78.9 Å². The zero-order valence-corrected chi connectivity index (χ0v) is 25.5. The number of nitrogens with zero attached hydrogens (tertiary/aromatic N) is 3. The number of rotatable bonds is 6. The van der Waals surface area contributed by atoms with E-state index in [0.717, 1.165) is 44.8 Å². The summed E-state index contributed by atoms with van der Waals surface area (Å²) in [5, 5.41) is 0. The molecule has 0 unspecified atom stereocenters. The van der Waals surface area contributed by atoms with Crippen molar-refractivity contribution < 1.29 is 9.47 Å². The zero-order valence-electron chi connectivity index (χ0n) is 25.5. The Morgan fingerprint density at radius 3 is 1.20 bits per heavy atom. The van der Waals surface area contributed by atoms with E-state index in [-0.39, 0.29) is 11.2 Å². The standard InChI is InChI=1S/C39H35N3O2/c1-38(2)24-40-36(43-38)31-18-14-29(15-19-31)34-22-33(28-12-10-27(11-13-28)26-8-6-5-7-9-26)23-35(42-34)30-16-20-32(21-17-30)37-41-25-39(3,4)44-37/h5-23H,24-25H2,1-4H3. The van der Waals surface area contributed by atoms with Gasteiger partial charge in [-0.3, -0.25) is 0 Å². The van der Waals surface area contributed by atoms with Crippen LogP contribution in [0.4, 0.5) is 0 Å². The molecular weight excluding hydrogens is 542 g/mol. The van der Waals surface area contributed by atoms with Gasteiger partial charge in [0, 0.05) is 22.3 Å². The molecule has 0 aliphatic carbocycles. The van der Waals surface area contributed by atoms with E-state index in [4.69, 9.17) is 14.5 Å². The Kier molecular flexibility index (Phi) is 6.89. The molecule has 4 aromatic carbocycles. The number of pyridine rings is 1. The number of ether oxygens (including phenoxy) is 2. The molecule has 1 aromatic heterocycles. The van der Waals surface area contributed by atoms with Crippen molar-refractivity contribution in [2.24, 2.45) is 9.98 Å². The van der Waals surface area contributed by atoms with Crippen LogP contribution in [0.3, 0.4) is 0 Å². The van der Waals surface area contributed by atoms with Crippen LogP contribution in [0, 0.1) is 0 Å². The van der Waals surface area contributed by atoms with Gasteiger partial charge in [-0.25, -0.2) is 15.0 Å². The Bertz CT molecular complexity index is 1770. The van der Waals surface area contributed by atoms with Crippen LogP contribution in [0.5, 0.6) is 0 Å². The fourth-order valence-corrected chi connectivity index (χ4v) is 5.52. The molecule has 0 bridgehead atoms. The van der Waals surface area contributed by atoms with Gasteiger partial charge in [0.1, 0.15) is 11.2 Å². The maximum Gasteiger partial charge on any atom is 0.216 e. The molecule has 44 heavy (non-hydrogen) atoms. The lowest BCUT2D eigenvalue weighted by Gasteiger charge is -2.17. The molecule has 2 aliphatic rings. The number of aromatic nitrogens is 1. The molecule has 5 heteroatoms. The predicted octanol–water partition coefficient (Wildman–Crippen LogP) is 8.86. The summed E-state index contributed by atoms with van der Waals surface area (Å²) >= 11 is 0. The topological polar surface area (TPSA) is 56.1 Å². The summed E-state index contributed by atoms with van der Waals surface area (Å²) in [4.78, 5) is 14.3. The lowest BCUT2D eigenvalue weighted by molar-refractivity contribution is 0.131. The van der Waals surface area contributed by atoms with Crippen molar-refractivity contribution in [3.63, 3.8) is 0 Å². The lowest BCUT2D eigenvalue weighted by atomic mass is 9.97. The molecule has 3 heterocycles. The minimum Gasteiger partial charge on any atom is -0.469 e. The summed E-state index contributed by atoms with van der Waals surface area (Å²) < 4.78 is 12.1. The fraction of sp³-hybridized carbons (Fsp3) is 0.205. The first-order valence-electron chi connectivity index (χ1n) is 15.1. The van der Waals surface area contributed by atoms with E-state index in [0.29, 0.717) is 24.9 Å². The summed E-state index contributed by atoms with van der Waals surface area (Å²) in [6.07, 6.45) is 0. The summed E-state index contributed by atoms with van der Waals surface area (Å²) in [6.45, 7) is 9.56. The Labute approximate surface area is 259 Å². The van der Waals surface area contributed by atoms with Gasteiger partial charge in [0.15, 0.2) is 0 Å². The molecule has 0 saturated heterocycles. The van der Waals surface area contributed by atoms with E-state index < -0.39 is 0 Å². The third-order valence-corrected chi connectivity index (χ3v) is 7.96. The largest absolute Gasteiger partial charge is 0.469 e. The van der Waals surface area contributed by atoms with Crippen LogP contribution >= 0.6 is 0 Å². The van der Waals surface area contributed by atoms with Crippen LogP contribution < -0.4 is 0 Å². The molecule has 0 radical (unpaired) electrons. The van der Waals surface area contributed by atoms with Crippen molar-refractivity contribution in [1.82, 2.24) is 4.98 Å². The first-order valence-corrected chi connectivity index (χ1v) is 15.1. The summed E-state index contributed by atoms with van der Waals surface area (Å²) in [5.74, 6) is 1.39. The number of benzene rings is 4. The minimum atomic E-state index is -0.267. The van der Waals surface area contributed by atoms with Crippen molar-refractivity contribution in [2.45, 2.75) is 38.9 Å². The molecule has 2 aliphatic heterocycles. The van der Waals surface area contributed by atoms with Gasteiger partial charge in [0.05, 0.1) is 24.5 Å². The molecular formula is C39H35N3O2. The highest BCUT2D eigenvalue weighted by molar-refractivity contribution is 5.96. The van der Waals surface area contributed by atoms with E-state index in [9.17, 15) is 0 Å². The zero-order chi connectivity index (χ0) is 30.3. The van der Waals surface area contributed by atoms with Crippen LogP contribution in [0.15, 0.2) is 125 Å². The Morgan fingerprint density at radius 2 is 0.795 bits per heavy atom. The monoisotopic (exact) mass is 577 g/mol. The van der Waals surface area contributed by atoms with E-state index in [1.165, 1.54) is 11.1 Å². The van der Waals surface area contributed by atoms with Gasteiger partial charge in [-0.2, -0.15) is 0 Å². The van der Waals surface area contributed by atoms with Crippen molar-refractivity contribution in [3.8, 4) is 44.8 Å². The maximum absolute atomic E-state index is 6.05. The Balaban J connectivity index is 1.25. The first kappa shape index (κ1) is 27.8. The smallest absolute Gasteiger partial charge is 0.216 e. The van der Waals surface area contributed by atoms with Gasteiger partial charge >= 0.3 is 0 Å². The molecule has 0 spiro atoms. The summed E-state index contributed by atoms with van der Waals surface area (Å²) in [7, 11) is 0. The van der Waals surface area contributed by atoms with Crippen LogP contribution in [0.25, 0.3) is 44.8 Å². The van der Waals surface area contributed by atoms with Crippen molar-refractivity contribution in [3.05, 3.63) is 126 Å². The van der Waals surface area contributed by atoms with Crippen LogP contribution in [0.2, 0.25) is 0 Å². The SMILES string of the molecule is CC1(C)CN=C(c2ccc(-c3cc(-c4ccc(-c5ccccc5)cc4)cc(-c4ccc(C5=NCC(C)(C)O5)cc4)n3)cc2)O1. The highest BCUT2D eigenvalue weighted by Gasteiger charge is 2.29. The van der Waals surface area contributed by atoms with Gasteiger partial charge in [0.25, 0.3) is 0 Å². The second-order valence-corrected chi connectivity index (χ2v) is 12.7. The average Bonchev–Trinajstić information content (AvgIpc) is 3.62. The average molecular weight is 578 g/mol. The summed E-state index contributed by atoms with van der Waals surface area (Å²) in [5.41, 5.74) is 9.92. The molecule has 0 N–H and O–H groups in total. The van der Waals surface area contributed by atoms with Crippen LogP contribution in [-0.4, -0.2) is 41.1 Å². The highest BCUT2D eigenvalue weighted by Crippen LogP contribution is 2.33. The molecule has 5 aromatic rings. The van der Waals surface area contributed by atoms with Gasteiger partial charge in [-0.15, -0.1) is 0 Å². The molecule has 5 nitrogen and oxygen atoms in total. The van der Waals surface area contributed by atoms with E-state index >= 15 is 0 Å². The van der Waals surface area contributed by atoms with E-state index in [1.54, 1.807) is 0 Å². The van der Waals surface area contributed by atoms with Crippen molar-refractivity contribution >= 4 is 11.8 Å². The van der Waals surface area contributed by atoms with Crippen molar-refractivity contribution in [2.75, 3.05) is 13.1 Å². The highest BCUT2D eigenvalue weighted by atomic mass is 16.5. The van der Waals surface area contributed by atoms with Crippen molar-refractivity contribution in [1.29, 1.82) is 0 Å². The van der Waals surface area contributed by atoms with Gasteiger partial charge in [0.2, 0.25) is 11.8 Å². The minimum absolute atomic E-state index is 0.267. The third-order valence-electron chi connectivity index (χ3n) is 7.96. The van der Waals surface area contributed by atoms with E-state index in [2.05, 4.69) is 147 Å². The number of hydrogen-bond acceptors (Lipinski definition) is 5. The third kappa shape index (κ3) is 5.78. The number of aliphatic imine (C=N–C) groups is 2. The molecule has 218 valence electrons. The molecule has 0 atom stereocenters. The molecule has 0 amide bonds.